The molecule has 0 N–H and O–H groups in total. The van der Waals surface area contributed by atoms with E-state index in [0.29, 0.717) is 42.8 Å². The van der Waals surface area contributed by atoms with Crippen LogP contribution in [0.1, 0.15) is 5.56 Å². The van der Waals surface area contributed by atoms with Gasteiger partial charge in [0.05, 0.1) is 29.2 Å². The minimum atomic E-state index is -0.479. The van der Waals surface area contributed by atoms with Crippen molar-refractivity contribution < 1.29 is 9.66 Å². The Labute approximate surface area is 189 Å². The van der Waals surface area contributed by atoms with E-state index in [0.717, 1.165) is 16.8 Å². The van der Waals surface area contributed by atoms with E-state index in [2.05, 4.69) is 10.00 Å². The molecule has 33 heavy (non-hydrogen) atoms. The predicted octanol–water partition coefficient (Wildman–Crippen LogP) is 4.11. The molecule has 1 aliphatic heterocycles. The van der Waals surface area contributed by atoms with Crippen molar-refractivity contribution >= 4 is 22.1 Å². The molecule has 0 radical (unpaired) electrons. The minimum absolute atomic E-state index is 0.146. The number of hydrogen-bond acceptors (Lipinski definition) is 6. The number of anilines is 1. The quantitative estimate of drug-likeness (QED) is 0.349. The van der Waals surface area contributed by atoms with Gasteiger partial charge < -0.3 is 9.64 Å². The van der Waals surface area contributed by atoms with Gasteiger partial charge in [-0.15, -0.1) is 0 Å². The smallest absolute Gasteiger partial charge is 0.295 e. The van der Waals surface area contributed by atoms with Gasteiger partial charge in [0.25, 0.3) is 11.2 Å². The first-order valence-corrected chi connectivity index (χ1v) is 10.7. The maximum atomic E-state index is 13.5. The van der Waals surface area contributed by atoms with Gasteiger partial charge in [-0.25, -0.2) is 0 Å². The van der Waals surface area contributed by atoms with Crippen molar-refractivity contribution in [3.8, 4) is 16.9 Å². The van der Waals surface area contributed by atoms with E-state index in [1.165, 1.54) is 10.7 Å². The first-order valence-electron chi connectivity index (χ1n) is 10.7. The van der Waals surface area contributed by atoms with Crippen molar-refractivity contribution in [2.24, 2.45) is 0 Å². The fourth-order valence-corrected chi connectivity index (χ4v) is 4.13. The highest BCUT2D eigenvalue weighted by molar-refractivity contribution is 5.94. The second-order valence-electron chi connectivity index (χ2n) is 8.01. The number of aromatic nitrogens is 2. The Balaban J connectivity index is 1.77. The van der Waals surface area contributed by atoms with Crippen LogP contribution in [0, 0.1) is 17.0 Å². The average molecular weight is 442 g/mol. The summed E-state index contributed by atoms with van der Waals surface area (Å²) in [5, 5.41) is 17.7. The molecule has 3 aromatic carbocycles. The first kappa shape index (κ1) is 20.8. The van der Waals surface area contributed by atoms with Crippen LogP contribution in [0.15, 0.2) is 71.5 Å². The Bertz CT molecular complexity index is 1410. The number of benzene rings is 3. The molecule has 4 aromatic rings. The molecule has 8 heteroatoms. The van der Waals surface area contributed by atoms with Gasteiger partial charge >= 0.3 is 0 Å². The monoisotopic (exact) mass is 442 g/mol. The van der Waals surface area contributed by atoms with Crippen LogP contribution in [0.3, 0.4) is 0 Å². The molecule has 0 spiro atoms. The van der Waals surface area contributed by atoms with Crippen molar-refractivity contribution in [3.63, 3.8) is 0 Å². The summed E-state index contributed by atoms with van der Waals surface area (Å²) in [4.78, 5) is 27.0. The zero-order chi connectivity index (χ0) is 22.9. The third-order valence-electron chi connectivity index (χ3n) is 5.89. The lowest BCUT2D eigenvalue weighted by Crippen LogP contribution is -2.36. The molecule has 0 unspecified atom stereocenters. The van der Waals surface area contributed by atoms with Gasteiger partial charge in [-0.05, 0) is 25.1 Å². The third kappa shape index (κ3) is 3.85. The molecule has 1 saturated heterocycles. The topological polar surface area (TPSA) is 90.5 Å². The summed E-state index contributed by atoms with van der Waals surface area (Å²) < 4.78 is 6.59. The maximum absolute atomic E-state index is 13.5. The molecule has 0 saturated carbocycles. The SMILES string of the molecule is Cc1ccc(-c2nn(-c3cc(N4CCOCC4)ccc3[N+](=O)[O-])c(=O)c3ccccc23)cc1. The van der Waals surface area contributed by atoms with E-state index >= 15 is 0 Å². The third-order valence-corrected chi connectivity index (χ3v) is 5.89. The Morgan fingerprint density at radius 1 is 0.970 bits per heavy atom. The minimum Gasteiger partial charge on any atom is -0.378 e. The molecule has 1 aliphatic rings. The molecule has 5 rings (SSSR count). The Hall–Kier alpha value is -4.04. The summed E-state index contributed by atoms with van der Waals surface area (Å²) in [7, 11) is 0. The molecule has 0 amide bonds. The van der Waals surface area contributed by atoms with Gasteiger partial charge in [-0.3, -0.25) is 14.9 Å². The number of morpholine rings is 1. The number of hydrogen-bond donors (Lipinski definition) is 0. The molecule has 0 bridgehead atoms. The largest absolute Gasteiger partial charge is 0.378 e. The van der Waals surface area contributed by atoms with E-state index in [-0.39, 0.29) is 11.4 Å². The normalized spacial score (nSPS) is 13.9. The first-order chi connectivity index (χ1) is 16.0. The fourth-order valence-electron chi connectivity index (χ4n) is 4.13. The Kier molecular flexibility index (Phi) is 5.35. The molecule has 166 valence electrons. The maximum Gasteiger partial charge on any atom is 0.295 e. The number of fused-ring (bicyclic) bond motifs is 1. The molecule has 8 nitrogen and oxygen atoms in total. The van der Waals surface area contributed by atoms with Crippen LogP contribution in [-0.4, -0.2) is 41.0 Å². The highest BCUT2D eigenvalue weighted by Gasteiger charge is 2.23. The zero-order valence-electron chi connectivity index (χ0n) is 18.1. The lowest BCUT2D eigenvalue weighted by molar-refractivity contribution is -0.384. The second kappa shape index (κ2) is 8.48. The Morgan fingerprint density at radius 2 is 1.67 bits per heavy atom. The molecule has 1 aromatic heterocycles. The van der Waals surface area contributed by atoms with Gasteiger partial charge in [0.1, 0.15) is 5.69 Å². The summed E-state index contributed by atoms with van der Waals surface area (Å²) in [5.74, 6) is 0. The van der Waals surface area contributed by atoms with Crippen molar-refractivity contribution in [1.82, 2.24) is 9.78 Å². The van der Waals surface area contributed by atoms with Crippen LogP contribution in [0.4, 0.5) is 11.4 Å². The summed E-state index contributed by atoms with van der Waals surface area (Å²) in [6, 6.07) is 19.9. The van der Waals surface area contributed by atoms with Crippen molar-refractivity contribution in [1.29, 1.82) is 0 Å². The van der Waals surface area contributed by atoms with Crippen molar-refractivity contribution in [2.75, 3.05) is 31.2 Å². The average Bonchev–Trinajstić information content (AvgIpc) is 2.85. The molecule has 2 heterocycles. The summed E-state index contributed by atoms with van der Waals surface area (Å²) in [6.45, 7) is 4.50. The van der Waals surface area contributed by atoms with Crippen LogP contribution in [0.5, 0.6) is 0 Å². The van der Waals surface area contributed by atoms with Crippen LogP contribution >= 0.6 is 0 Å². The van der Waals surface area contributed by atoms with Crippen molar-refractivity contribution in [2.45, 2.75) is 6.92 Å². The van der Waals surface area contributed by atoms with Gasteiger partial charge in [0.2, 0.25) is 0 Å². The molecular formula is C25H22N4O4. The highest BCUT2D eigenvalue weighted by atomic mass is 16.6. The lowest BCUT2D eigenvalue weighted by atomic mass is 10.0. The van der Waals surface area contributed by atoms with E-state index < -0.39 is 10.5 Å². The summed E-state index contributed by atoms with van der Waals surface area (Å²) >= 11 is 0. The van der Waals surface area contributed by atoms with Gasteiger partial charge in [0.15, 0.2) is 0 Å². The summed E-state index contributed by atoms with van der Waals surface area (Å²) in [5.41, 5.74) is 2.89. The number of nitro groups is 1. The molecule has 0 atom stereocenters. The fraction of sp³-hybridized carbons (Fsp3) is 0.200. The second-order valence-corrected chi connectivity index (χ2v) is 8.01. The van der Waals surface area contributed by atoms with E-state index in [1.807, 2.05) is 43.3 Å². The number of nitro benzene ring substituents is 1. The number of aryl methyl sites for hydroxylation is 1. The van der Waals surface area contributed by atoms with Crippen molar-refractivity contribution in [3.05, 3.63) is 92.8 Å². The van der Waals surface area contributed by atoms with Gasteiger partial charge in [-0.2, -0.15) is 9.78 Å². The van der Waals surface area contributed by atoms with Crippen LogP contribution in [0.2, 0.25) is 0 Å². The van der Waals surface area contributed by atoms with E-state index in [1.54, 1.807) is 24.3 Å². The lowest BCUT2D eigenvalue weighted by Gasteiger charge is -2.29. The highest BCUT2D eigenvalue weighted by Crippen LogP contribution is 2.30. The van der Waals surface area contributed by atoms with E-state index in [4.69, 9.17) is 4.74 Å². The zero-order valence-corrected chi connectivity index (χ0v) is 18.1. The van der Waals surface area contributed by atoms with Crippen LogP contribution < -0.4 is 10.5 Å². The van der Waals surface area contributed by atoms with Gasteiger partial charge in [0, 0.05) is 35.8 Å². The number of rotatable bonds is 4. The van der Waals surface area contributed by atoms with Gasteiger partial charge in [-0.1, -0.05) is 48.0 Å². The van der Waals surface area contributed by atoms with Crippen LogP contribution in [-0.2, 0) is 4.74 Å². The Morgan fingerprint density at radius 3 is 2.36 bits per heavy atom. The predicted molar refractivity (Wildman–Crippen MR) is 127 cm³/mol. The van der Waals surface area contributed by atoms with Crippen LogP contribution in [0.25, 0.3) is 27.7 Å². The summed E-state index contributed by atoms with van der Waals surface area (Å²) in [6.07, 6.45) is 0. The van der Waals surface area contributed by atoms with E-state index in [9.17, 15) is 14.9 Å². The molecule has 1 fully saturated rings. The standard InChI is InChI=1S/C25H22N4O4/c1-17-6-8-18(9-7-17)24-20-4-2-3-5-21(20)25(30)28(26-24)23-16-19(10-11-22(23)29(31)32)27-12-14-33-15-13-27/h2-11,16H,12-15H2,1H3. The molecular weight excluding hydrogens is 420 g/mol. The molecule has 0 aliphatic carbocycles. The number of ether oxygens (including phenoxy) is 1. The number of nitrogens with zero attached hydrogens (tertiary/aromatic N) is 4.